The first kappa shape index (κ1) is 10.9. The molecule has 0 radical (unpaired) electrons. The van der Waals surface area contributed by atoms with E-state index in [4.69, 9.17) is 0 Å². The van der Waals surface area contributed by atoms with Crippen LogP contribution in [0.5, 0.6) is 0 Å². The van der Waals surface area contributed by atoms with Gasteiger partial charge in [-0.2, -0.15) is 0 Å². The summed E-state index contributed by atoms with van der Waals surface area (Å²) in [7, 11) is 0. The molecular formula is C16H12O2. The molecule has 2 nitrogen and oxygen atoms in total. The van der Waals surface area contributed by atoms with Gasteiger partial charge < -0.3 is 0 Å². The third-order valence-corrected chi connectivity index (χ3v) is 3.36. The number of Topliss-reactive ketones (excluding diaryl/α,β-unsaturated/α-hetero) is 2. The van der Waals surface area contributed by atoms with Gasteiger partial charge in [0.15, 0.2) is 11.6 Å². The Labute approximate surface area is 105 Å². The maximum Gasteiger partial charge on any atom is 0.178 e. The van der Waals surface area contributed by atoms with E-state index in [-0.39, 0.29) is 11.6 Å². The van der Waals surface area contributed by atoms with Gasteiger partial charge in [-0.05, 0) is 18.6 Å². The molecule has 0 amide bonds. The van der Waals surface area contributed by atoms with Crippen molar-refractivity contribution in [3.05, 3.63) is 70.8 Å². The van der Waals surface area contributed by atoms with Crippen LogP contribution in [-0.4, -0.2) is 11.6 Å². The molecular weight excluding hydrogens is 224 g/mol. The highest BCUT2D eigenvalue weighted by Gasteiger charge is 2.39. The summed E-state index contributed by atoms with van der Waals surface area (Å²) < 4.78 is 0. The Hall–Kier alpha value is -2.22. The molecule has 0 spiro atoms. The second kappa shape index (κ2) is 3.91. The van der Waals surface area contributed by atoms with Gasteiger partial charge in [-0.15, -0.1) is 0 Å². The molecule has 3 rings (SSSR count). The van der Waals surface area contributed by atoms with Crippen molar-refractivity contribution in [3.8, 4) is 0 Å². The highest BCUT2D eigenvalue weighted by atomic mass is 16.2. The minimum Gasteiger partial charge on any atom is -0.293 e. The van der Waals surface area contributed by atoms with E-state index in [1.807, 2.05) is 43.3 Å². The monoisotopic (exact) mass is 236 g/mol. The SMILES string of the molecule is Cc1ccc2c(c1)C(=O)C(c1ccccc1)C2=O. The first-order chi connectivity index (χ1) is 8.68. The average Bonchev–Trinajstić information content (AvgIpc) is 2.63. The molecule has 2 aromatic carbocycles. The maximum absolute atomic E-state index is 12.3. The standard InChI is InChI=1S/C16H12O2/c1-10-7-8-12-13(9-10)16(18)14(15(12)17)11-5-3-2-4-6-11/h2-9,14H,1H3. The van der Waals surface area contributed by atoms with Crippen molar-refractivity contribution in [2.24, 2.45) is 0 Å². The predicted octanol–water partition coefficient (Wildman–Crippen LogP) is 3.16. The van der Waals surface area contributed by atoms with Crippen molar-refractivity contribution < 1.29 is 9.59 Å². The van der Waals surface area contributed by atoms with E-state index < -0.39 is 5.92 Å². The quantitative estimate of drug-likeness (QED) is 0.713. The number of aryl methyl sites for hydroxylation is 1. The van der Waals surface area contributed by atoms with Crippen LogP contribution in [-0.2, 0) is 0 Å². The summed E-state index contributed by atoms with van der Waals surface area (Å²) in [6.45, 7) is 1.92. The van der Waals surface area contributed by atoms with Crippen LogP contribution in [0.1, 0.15) is 37.8 Å². The number of carbonyl (C=O) groups excluding carboxylic acids is 2. The number of fused-ring (bicyclic) bond motifs is 1. The average molecular weight is 236 g/mol. The maximum atomic E-state index is 12.3. The van der Waals surface area contributed by atoms with Crippen LogP contribution in [0.3, 0.4) is 0 Å². The Bertz CT molecular complexity index is 641. The van der Waals surface area contributed by atoms with Crippen molar-refractivity contribution in [1.29, 1.82) is 0 Å². The van der Waals surface area contributed by atoms with Crippen LogP contribution >= 0.6 is 0 Å². The van der Waals surface area contributed by atoms with Crippen molar-refractivity contribution in [2.75, 3.05) is 0 Å². The molecule has 0 heterocycles. The summed E-state index contributed by atoms with van der Waals surface area (Å²) in [5.41, 5.74) is 2.90. The zero-order chi connectivity index (χ0) is 12.7. The van der Waals surface area contributed by atoms with E-state index in [1.165, 1.54) is 0 Å². The number of rotatable bonds is 1. The van der Waals surface area contributed by atoms with E-state index >= 15 is 0 Å². The minimum atomic E-state index is -0.650. The highest BCUT2D eigenvalue weighted by Crippen LogP contribution is 2.34. The van der Waals surface area contributed by atoms with E-state index in [9.17, 15) is 9.59 Å². The fourth-order valence-corrected chi connectivity index (χ4v) is 2.46. The van der Waals surface area contributed by atoms with Gasteiger partial charge in [0.2, 0.25) is 0 Å². The molecule has 0 N–H and O–H groups in total. The number of hydrogen-bond acceptors (Lipinski definition) is 2. The number of ketones is 2. The zero-order valence-corrected chi connectivity index (χ0v) is 10.0. The summed E-state index contributed by atoms with van der Waals surface area (Å²) >= 11 is 0. The number of benzene rings is 2. The fourth-order valence-electron chi connectivity index (χ4n) is 2.46. The molecule has 1 unspecified atom stereocenters. The lowest BCUT2D eigenvalue weighted by molar-refractivity contribution is 0.0890. The van der Waals surface area contributed by atoms with Gasteiger partial charge in [0, 0.05) is 11.1 Å². The molecule has 1 aliphatic carbocycles. The van der Waals surface area contributed by atoms with Gasteiger partial charge in [-0.1, -0.05) is 48.0 Å². The lowest BCUT2D eigenvalue weighted by Crippen LogP contribution is -2.12. The van der Waals surface area contributed by atoms with E-state index in [1.54, 1.807) is 12.1 Å². The van der Waals surface area contributed by atoms with Crippen LogP contribution in [0.15, 0.2) is 48.5 Å². The highest BCUT2D eigenvalue weighted by molar-refractivity contribution is 6.29. The molecule has 0 aromatic heterocycles. The molecule has 18 heavy (non-hydrogen) atoms. The molecule has 1 atom stereocenters. The molecule has 2 heteroatoms. The van der Waals surface area contributed by atoms with Gasteiger partial charge in [0.25, 0.3) is 0 Å². The smallest absolute Gasteiger partial charge is 0.178 e. The van der Waals surface area contributed by atoms with E-state index in [0.717, 1.165) is 11.1 Å². The molecule has 88 valence electrons. The van der Waals surface area contributed by atoms with E-state index in [2.05, 4.69) is 0 Å². The van der Waals surface area contributed by atoms with Crippen LogP contribution in [0.2, 0.25) is 0 Å². The van der Waals surface area contributed by atoms with Gasteiger partial charge in [0.1, 0.15) is 5.92 Å². The molecule has 2 aromatic rings. The van der Waals surface area contributed by atoms with Crippen molar-refractivity contribution in [2.45, 2.75) is 12.8 Å². The minimum absolute atomic E-state index is 0.0788. The van der Waals surface area contributed by atoms with Crippen LogP contribution < -0.4 is 0 Å². The Morgan fingerprint density at radius 1 is 0.833 bits per heavy atom. The molecule has 1 aliphatic rings. The van der Waals surface area contributed by atoms with E-state index in [0.29, 0.717) is 11.1 Å². The Kier molecular flexibility index (Phi) is 2.37. The summed E-state index contributed by atoms with van der Waals surface area (Å²) in [5.74, 6) is -0.811. The van der Waals surface area contributed by atoms with Crippen molar-refractivity contribution in [1.82, 2.24) is 0 Å². The third-order valence-electron chi connectivity index (χ3n) is 3.36. The summed E-state index contributed by atoms with van der Waals surface area (Å²) in [5, 5.41) is 0. The van der Waals surface area contributed by atoms with Crippen molar-refractivity contribution >= 4 is 11.6 Å². The Balaban J connectivity index is 2.13. The summed E-state index contributed by atoms with van der Waals surface area (Å²) in [6, 6.07) is 14.7. The van der Waals surface area contributed by atoms with Gasteiger partial charge in [-0.3, -0.25) is 9.59 Å². The summed E-state index contributed by atoms with van der Waals surface area (Å²) in [6.07, 6.45) is 0. The van der Waals surface area contributed by atoms with Crippen LogP contribution in [0.25, 0.3) is 0 Å². The molecule has 0 saturated carbocycles. The lowest BCUT2D eigenvalue weighted by Gasteiger charge is -2.06. The predicted molar refractivity (Wildman–Crippen MR) is 69.0 cm³/mol. The van der Waals surface area contributed by atoms with Crippen LogP contribution in [0.4, 0.5) is 0 Å². The lowest BCUT2D eigenvalue weighted by atomic mass is 9.94. The normalized spacial score (nSPS) is 17.9. The molecule has 0 bridgehead atoms. The zero-order valence-electron chi connectivity index (χ0n) is 10.0. The van der Waals surface area contributed by atoms with Gasteiger partial charge >= 0.3 is 0 Å². The fraction of sp³-hybridized carbons (Fsp3) is 0.125. The molecule has 0 saturated heterocycles. The first-order valence-electron chi connectivity index (χ1n) is 5.92. The Morgan fingerprint density at radius 3 is 2.22 bits per heavy atom. The third kappa shape index (κ3) is 1.50. The second-order valence-corrected chi connectivity index (χ2v) is 4.62. The molecule has 0 aliphatic heterocycles. The first-order valence-corrected chi connectivity index (χ1v) is 5.92. The topological polar surface area (TPSA) is 34.1 Å². The Morgan fingerprint density at radius 2 is 1.50 bits per heavy atom. The second-order valence-electron chi connectivity index (χ2n) is 4.62. The van der Waals surface area contributed by atoms with Gasteiger partial charge in [-0.25, -0.2) is 0 Å². The number of hydrogen-bond donors (Lipinski definition) is 0. The van der Waals surface area contributed by atoms with Crippen molar-refractivity contribution in [3.63, 3.8) is 0 Å². The molecule has 0 fully saturated rings. The van der Waals surface area contributed by atoms with Crippen LogP contribution in [0, 0.1) is 6.92 Å². The summed E-state index contributed by atoms with van der Waals surface area (Å²) in [4.78, 5) is 24.6. The largest absolute Gasteiger partial charge is 0.293 e. The van der Waals surface area contributed by atoms with Gasteiger partial charge in [0.05, 0.1) is 0 Å². The number of carbonyl (C=O) groups is 2.